The number of nitrogens with one attached hydrogen (secondary N) is 1. The van der Waals surface area contributed by atoms with Gasteiger partial charge in [-0.2, -0.15) is 0 Å². The number of hydrogen-bond donors (Lipinski definition) is 1. The molecular formula is C17H18BrNO3. The van der Waals surface area contributed by atoms with Crippen molar-refractivity contribution in [1.82, 2.24) is 0 Å². The SMILES string of the molecule is COc1ccc(C)cc1NC(=O)COc1ccc(Br)cc1C. The molecule has 0 aliphatic heterocycles. The summed E-state index contributed by atoms with van der Waals surface area (Å²) >= 11 is 3.39. The van der Waals surface area contributed by atoms with Crippen LogP contribution in [0.2, 0.25) is 0 Å². The third-order valence-electron chi connectivity index (χ3n) is 3.12. The van der Waals surface area contributed by atoms with E-state index in [0.29, 0.717) is 17.2 Å². The molecule has 0 radical (unpaired) electrons. The van der Waals surface area contributed by atoms with E-state index < -0.39 is 0 Å². The van der Waals surface area contributed by atoms with Crippen molar-refractivity contribution in [3.63, 3.8) is 0 Å². The summed E-state index contributed by atoms with van der Waals surface area (Å²) in [6.07, 6.45) is 0. The minimum absolute atomic E-state index is 0.0560. The van der Waals surface area contributed by atoms with Crippen molar-refractivity contribution in [1.29, 1.82) is 0 Å². The first-order valence-electron chi connectivity index (χ1n) is 6.83. The van der Waals surface area contributed by atoms with Gasteiger partial charge in [-0.25, -0.2) is 0 Å². The number of benzene rings is 2. The molecule has 5 heteroatoms. The van der Waals surface area contributed by atoms with Gasteiger partial charge in [0.2, 0.25) is 0 Å². The Morgan fingerprint density at radius 3 is 2.55 bits per heavy atom. The van der Waals surface area contributed by atoms with E-state index >= 15 is 0 Å². The lowest BCUT2D eigenvalue weighted by Gasteiger charge is -2.12. The smallest absolute Gasteiger partial charge is 0.262 e. The lowest BCUT2D eigenvalue weighted by molar-refractivity contribution is -0.118. The van der Waals surface area contributed by atoms with Crippen LogP contribution in [-0.4, -0.2) is 19.6 Å². The molecule has 22 heavy (non-hydrogen) atoms. The first-order valence-corrected chi connectivity index (χ1v) is 7.62. The van der Waals surface area contributed by atoms with E-state index in [1.54, 1.807) is 7.11 Å². The molecule has 0 heterocycles. The molecule has 2 rings (SSSR count). The van der Waals surface area contributed by atoms with Crippen molar-refractivity contribution in [2.45, 2.75) is 13.8 Å². The van der Waals surface area contributed by atoms with Gasteiger partial charge in [-0.3, -0.25) is 4.79 Å². The summed E-state index contributed by atoms with van der Waals surface area (Å²) in [6.45, 7) is 3.83. The summed E-state index contributed by atoms with van der Waals surface area (Å²) in [5.41, 5.74) is 2.65. The number of anilines is 1. The highest BCUT2D eigenvalue weighted by Gasteiger charge is 2.09. The van der Waals surface area contributed by atoms with E-state index in [9.17, 15) is 4.79 Å². The highest BCUT2D eigenvalue weighted by Crippen LogP contribution is 2.25. The van der Waals surface area contributed by atoms with Crippen LogP contribution in [0.4, 0.5) is 5.69 Å². The zero-order chi connectivity index (χ0) is 16.1. The second-order valence-corrected chi connectivity index (χ2v) is 5.87. The molecule has 0 atom stereocenters. The van der Waals surface area contributed by atoms with Gasteiger partial charge in [-0.05, 0) is 55.3 Å². The predicted octanol–water partition coefficient (Wildman–Crippen LogP) is 4.09. The first-order chi connectivity index (χ1) is 10.5. The van der Waals surface area contributed by atoms with E-state index in [2.05, 4.69) is 21.2 Å². The highest BCUT2D eigenvalue weighted by atomic mass is 79.9. The molecule has 0 aliphatic carbocycles. The third-order valence-corrected chi connectivity index (χ3v) is 3.62. The number of halogens is 1. The zero-order valence-electron chi connectivity index (χ0n) is 12.8. The minimum Gasteiger partial charge on any atom is -0.495 e. The second-order valence-electron chi connectivity index (χ2n) is 4.95. The van der Waals surface area contributed by atoms with E-state index in [-0.39, 0.29) is 12.5 Å². The standard InChI is InChI=1S/C17H18BrNO3/c1-11-4-6-16(21-3)14(8-11)19-17(20)10-22-15-7-5-13(18)9-12(15)2/h4-9H,10H2,1-3H3,(H,19,20). The van der Waals surface area contributed by atoms with E-state index in [1.165, 1.54) is 0 Å². The van der Waals surface area contributed by atoms with Gasteiger partial charge < -0.3 is 14.8 Å². The molecular weight excluding hydrogens is 346 g/mol. The molecule has 0 unspecified atom stereocenters. The lowest BCUT2D eigenvalue weighted by atomic mass is 10.2. The van der Waals surface area contributed by atoms with Crippen LogP contribution in [-0.2, 0) is 4.79 Å². The fraction of sp³-hybridized carbons (Fsp3) is 0.235. The van der Waals surface area contributed by atoms with Crippen LogP contribution in [0, 0.1) is 13.8 Å². The first kappa shape index (κ1) is 16.4. The van der Waals surface area contributed by atoms with Crippen LogP contribution >= 0.6 is 15.9 Å². The predicted molar refractivity (Wildman–Crippen MR) is 90.7 cm³/mol. The summed E-state index contributed by atoms with van der Waals surface area (Å²) < 4.78 is 11.8. The van der Waals surface area contributed by atoms with Gasteiger partial charge in [-0.15, -0.1) is 0 Å². The molecule has 1 amide bonds. The van der Waals surface area contributed by atoms with E-state index in [0.717, 1.165) is 15.6 Å². The van der Waals surface area contributed by atoms with Gasteiger partial charge in [0.05, 0.1) is 12.8 Å². The van der Waals surface area contributed by atoms with Crippen molar-refractivity contribution in [3.05, 3.63) is 52.0 Å². The molecule has 1 N–H and O–H groups in total. The molecule has 0 fully saturated rings. The molecule has 0 spiro atoms. The highest BCUT2D eigenvalue weighted by molar-refractivity contribution is 9.10. The Kier molecular flexibility index (Phi) is 5.44. The molecule has 0 aromatic heterocycles. The Balaban J connectivity index is 2.00. The number of methoxy groups -OCH3 is 1. The molecule has 0 bridgehead atoms. The monoisotopic (exact) mass is 363 g/mol. The third kappa shape index (κ3) is 4.24. The summed E-state index contributed by atoms with van der Waals surface area (Å²) in [7, 11) is 1.57. The average Bonchev–Trinajstić information content (AvgIpc) is 2.46. The Labute approximate surface area is 138 Å². The molecule has 4 nitrogen and oxygen atoms in total. The van der Waals surface area contributed by atoms with Crippen molar-refractivity contribution in [2.24, 2.45) is 0 Å². The maximum atomic E-state index is 12.0. The second kappa shape index (κ2) is 7.31. The maximum absolute atomic E-state index is 12.0. The Morgan fingerprint density at radius 2 is 1.86 bits per heavy atom. The van der Waals surface area contributed by atoms with Crippen molar-refractivity contribution in [2.75, 3.05) is 19.0 Å². The quantitative estimate of drug-likeness (QED) is 0.869. The van der Waals surface area contributed by atoms with E-state index in [4.69, 9.17) is 9.47 Å². The van der Waals surface area contributed by atoms with E-state index in [1.807, 2.05) is 50.2 Å². The van der Waals surface area contributed by atoms with Gasteiger partial charge >= 0.3 is 0 Å². The number of hydrogen-bond acceptors (Lipinski definition) is 3. The lowest BCUT2D eigenvalue weighted by Crippen LogP contribution is -2.20. The topological polar surface area (TPSA) is 47.6 Å². The van der Waals surface area contributed by atoms with Gasteiger partial charge in [0.25, 0.3) is 5.91 Å². The average molecular weight is 364 g/mol. The summed E-state index contributed by atoms with van der Waals surface area (Å²) in [5, 5.41) is 2.81. The van der Waals surface area contributed by atoms with Crippen LogP contribution in [0.1, 0.15) is 11.1 Å². The maximum Gasteiger partial charge on any atom is 0.262 e. The number of carbonyl (C=O) groups excluding carboxylic acids is 1. The molecule has 0 aliphatic rings. The summed E-state index contributed by atoms with van der Waals surface area (Å²) in [5.74, 6) is 1.08. The number of ether oxygens (including phenoxy) is 2. The van der Waals surface area contributed by atoms with Gasteiger partial charge in [0.1, 0.15) is 11.5 Å². The fourth-order valence-electron chi connectivity index (χ4n) is 2.02. The molecule has 2 aromatic carbocycles. The van der Waals surface area contributed by atoms with Crippen LogP contribution in [0.3, 0.4) is 0 Å². The zero-order valence-corrected chi connectivity index (χ0v) is 14.4. The molecule has 2 aromatic rings. The Bertz CT molecular complexity index is 686. The number of carbonyl (C=O) groups is 1. The molecule has 0 saturated carbocycles. The van der Waals surface area contributed by atoms with Crippen LogP contribution in [0.15, 0.2) is 40.9 Å². The van der Waals surface area contributed by atoms with Gasteiger partial charge in [-0.1, -0.05) is 22.0 Å². The number of aryl methyl sites for hydroxylation is 2. The van der Waals surface area contributed by atoms with Crippen molar-refractivity contribution in [3.8, 4) is 11.5 Å². The minimum atomic E-state index is -0.230. The van der Waals surface area contributed by atoms with Crippen LogP contribution in [0.5, 0.6) is 11.5 Å². The Morgan fingerprint density at radius 1 is 1.14 bits per heavy atom. The van der Waals surface area contributed by atoms with Crippen LogP contribution in [0.25, 0.3) is 0 Å². The summed E-state index contributed by atoms with van der Waals surface area (Å²) in [4.78, 5) is 12.0. The van der Waals surface area contributed by atoms with Gasteiger partial charge in [0, 0.05) is 4.47 Å². The molecule has 0 saturated heterocycles. The summed E-state index contributed by atoms with van der Waals surface area (Å²) in [6, 6.07) is 11.3. The molecule has 116 valence electrons. The normalized spacial score (nSPS) is 10.2. The largest absolute Gasteiger partial charge is 0.495 e. The fourth-order valence-corrected chi connectivity index (χ4v) is 2.50. The van der Waals surface area contributed by atoms with Crippen LogP contribution < -0.4 is 14.8 Å². The number of amides is 1. The van der Waals surface area contributed by atoms with Gasteiger partial charge in [0.15, 0.2) is 6.61 Å². The Hall–Kier alpha value is -2.01. The van der Waals surface area contributed by atoms with Crippen molar-refractivity contribution < 1.29 is 14.3 Å². The number of rotatable bonds is 5. The van der Waals surface area contributed by atoms with Crippen molar-refractivity contribution >= 4 is 27.5 Å².